The highest BCUT2D eigenvalue weighted by Crippen LogP contribution is 2.11. The average Bonchev–Trinajstić information content (AvgIpc) is 2.53. The maximum absolute atomic E-state index is 12.1. The zero-order valence-electron chi connectivity index (χ0n) is 12.6. The number of amides is 2. The monoisotopic (exact) mass is 308 g/mol. The van der Waals surface area contributed by atoms with Crippen LogP contribution in [-0.2, 0) is 11.2 Å². The van der Waals surface area contributed by atoms with Crippen molar-refractivity contribution in [2.45, 2.75) is 18.9 Å². The number of hydrogen-bond acceptors (Lipinski definition) is 3. The fraction of sp³-hybridized carbons (Fsp3) is 0.562. The highest BCUT2D eigenvalue weighted by atomic mass is 32.2. The van der Waals surface area contributed by atoms with Gasteiger partial charge in [-0.1, -0.05) is 30.3 Å². The van der Waals surface area contributed by atoms with Crippen molar-refractivity contribution in [3.05, 3.63) is 35.9 Å². The Morgan fingerprint density at radius 3 is 3.00 bits per heavy atom. The van der Waals surface area contributed by atoms with E-state index in [0.29, 0.717) is 19.7 Å². The van der Waals surface area contributed by atoms with Gasteiger partial charge in [-0.2, -0.15) is 11.8 Å². The minimum absolute atomic E-state index is 0.0393. The quantitative estimate of drug-likeness (QED) is 0.821. The summed E-state index contributed by atoms with van der Waals surface area (Å²) in [6, 6.07) is 10.3. The molecule has 2 amide bonds. The maximum atomic E-state index is 12.1. The molecule has 0 aromatic heterocycles. The van der Waals surface area contributed by atoms with Gasteiger partial charge in [-0.3, -0.25) is 0 Å². The van der Waals surface area contributed by atoms with E-state index < -0.39 is 0 Å². The summed E-state index contributed by atoms with van der Waals surface area (Å²) in [5.74, 6) is 1.08. The Kier molecular flexibility index (Phi) is 6.89. The summed E-state index contributed by atoms with van der Waals surface area (Å²) < 4.78 is 5.78. The van der Waals surface area contributed by atoms with Gasteiger partial charge in [0.1, 0.15) is 0 Å². The van der Waals surface area contributed by atoms with Gasteiger partial charge in [0.25, 0.3) is 0 Å². The van der Waals surface area contributed by atoms with E-state index >= 15 is 0 Å². The summed E-state index contributed by atoms with van der Waals surface area (Å²) in [6.45, 7) is 2.72. The molecule has 21 heavy (non-hydrogen) atoms. The van der Waals surface area contributed by atoms with E-state index in [2.05, 4.69) is 23.7 Å². The third kappa shape index (κ3) is 5.59. The number of nitrogens with zero attached hydrogens (tertiary/aromatic N) is 1. The van der Waals surface area contributed by atoms with Crippen molar-refractivity contribution in [3.8, 4) is 0 Å². The molecule has 1 unspecified atom stereocenters. The standard InChI is InChI=1S/C16H24N2O2S/c1-21-11-5-8-17-16(19)18-9-10-20-15(13-18)12-14-6-3-2-4-7-14/h2-4,6-7,15H,5,8-13H2,1H3,(H,17,19). The van der Waals surface area contributed by atoms with E-state index in [4.69, 9.17) is 4.74 Å². The van der Waals surface area contributed by atoms with Crippen molar-refractivity contribution in [1.29, 1.82) is 0 Å². The number of urea groups is 1. The molecule has 4 nitrogen and oxygen atoms in total. The number of rotatable bonds is 6. The van der Waals surface area contributed by atoms with Crippen molar-refractivity contribution >= 4 is 17.8 Å². The van der Waals surface area contributed by atoms with Crippen LogP contribution in [0.4, 0.5) is 4.79 Å². The molecular formula is C16H24N2O2S. The molecule has 1 aliphatic rings. The third-order valence-electron chi connectivity index (χ3n) is 3.53. The molecule has 5 heteroatoms. The first-order valence-electron chi connectivity index (χ1n) is 7.47. The number of benzene rings is 1. The first-order chi connectivity index (χ1) is 10.3. The van der Waals surface area contributed by atoms with Crippen LogP contribution in [0.5, 0.6) is 0 Å². The van der Waals surface area contributed by atoms with E-state index in [1.54, 1.807) is 11.8 Å². The first-order valence-corrected chi connectivity index (χ1v) is 8.86. The maximum Gasteiger partial charge on any atom is 0.317 e. The molecule has 1 aliphatic heterocycles. The fourth-order valence-corrected chi connectivity index (χ4v) is 2.86. The van der Waals surface area contributed by atoms with Crippen LogP contribution in [0.15, 0.2) is 30.3 Å². The van der Waals surface area contributed by atoms with Crippen molar-refractivity contribution in [2.24, 2.45) is 0 Å². The molecule has 0 radical (unpaired) electrons. The van der Waals surface area contributed by atoms with Crippen LogP contribution < -0.4 is 5.32 Å². The van der Waals surface area contributed by atoms with E-state index in [1.807, 2.05) is 23.1 Å². The third-order valence-corrected chi connectivity index (χ3v) is 4.23. The number of morpholine rings is 1. The second-order valence-electron chi connectivity index (χ2n) is 5.21. The van der Waals surface area contributed by atoms with Crippen molar-refractivity contribution in [1.82, 2.24) is 10.2 Å². The van der Waals surface area contributed by atoms with Gasteiger partial charge in [0.15, 0.2) is 0 Å². The number of carbonyl (C=O) groups excluding carboxylic acids is 1. The van der Waals surface area contributed by atoms with Crippen LogP contribution in [0, 0.1) is 0 Å². The second-order valence-corrected chi connectivity index (χ2v) is 6.19. The number of ether oxygens (including phenoxy) is 1. The number of nitrogens with one attached hydrogen (secondary N) is 1. The first kappa shape index (κ1) is 16.2. The molecule has 0 spiro atoms. The van der Waals surface area contributed by atoms with Gasteiger partial charge in [0.05, 0.1) is 12.7 Å². The van der Waals surface area contributed by atoms with E-state index in [1.165, 1.54) is 5.56 Å². The summed E-state index contributed by atoms with van der Waals surface area (Å²) in [4.78, 5) is 14.0. The Labute approximate surface area is 131 Å². The van der Waals surface area contributed by atoms with Gasteiger partial charge in [-0.15, -0.1) is 0 Å². The van der Waals surface area contributed by atoms with E-state index in [0.717, 1.165) is 25.1 Å². The molecule has 1 atom stereocenters. The Hall–Kier alpha value is -1.20. The van der Waals surface area contributed by atoms with Crippen LogP contribution in [0.3, 0.4) is 0 Å². The van der Waals surface area contributed by atoms with E-state index in [-0.39, 0.29) is 12.1 Å². The van der Waals surface area contributed by atoms with Crippen molar-refractivity contribution < 1.29 is 9.53 Å². The molecular weight excluding hydrogens is 284 g/mol. The van der Waals surface area contributed by atoms with Crippen molar-refractivity contribution in [2.75, 3.05) is 38.2 Å². The smallest absolute Gasteiger partial charge is 0.317 e. The van der Waals surface area contributed by atoms with Gasteiger partial charge in [-0.05, 0) is 24.0 Å². The fourth-order valence-electron chi connectivity index (χ4n) is 2.43. The molecule has 0 saturated carbocycles. The predicted molar refractivity (Wildman–Crippen MR) is 87.9 cm³/mol. The molecule has 116 valence electrons. The lowest BCUT2D eigenvalue weighted by atomic mass is 10.1. The normalized spacial score (nSPS) is 18.5. The highest BCUT2D eigenvalue weighted by Gasteiger charge is 2.24. The molecule has 2 rings (SSSR count). The summed E-state index contributed by atoms with van der Waals surface area (Å²) >= 11 is 1.81. The van der Waals surface area contributed by atoms with Gasteiger partial charge < -0.3 is 15.0 Å². The lowest BCUT2D eigenvalue weighted by Crippen LogP contribution is -2.50. The second kappa shape index (κ2) is 8.95. The summed E-state index contributed by atoms with van der Waals surface area (Å²) in [7, 11) is 0. The molecule has 1 heterocycles. The van der Waals surface area contributed by atoms with Crippen LogP contribution >= 0.6 is 11.8 Å². The number of carbonyl (C=O) groups is 1. The average molecular weight is 308 g/mol. The lowest BCUT2D eigenvalue weighted by Gasteiger charge is -2.33. The van der Waals surface area contributed by atoms with E-state index in [9.17, 15) is 4.79 Å². The van der Waals surface area contributed by atoms with Gasteiger partial charge in [0, 0.05) is 26.1 Å². The summed E-state index contributed by atoms with van der Waals surface area (Å²) in [5, 5.41) is 2.99. The molecule has 0 aliphatic carbocycles. The summed E-state index contributed by atoms with van der Waals surface area (Å²) in [6.07, 6.45) is 4.05. The molecule has 0 bridgehead atoms. The topological polar surface area (TPSA) is 41.6 Å². The zero-order valence-corrected chi connectivity index (χ0v) is 13.4. The zero-order chi connectivity index (χ0) is 14.9. The molecule has 1 aromatic carbocycles. The van der Waals surface area contributed by atoms with Crippen LogP contribution in [0.1, 0.15) is 12.0 Å². The van der Waals surface area contributed by atoms with Gasteiger partial charge in [-0.25, -0.2) is 4.79 Å². The minimum atomic E-state index is 0.0393. The predicted octanol–water partition coefficient (Wildman–Crippen LogP) is 2.39. The molecule has 1 saturated heterocycles. The Morgan fingerprint density at radius 1 is 1.43 bits per heavy atom. The van der Waals surface area contributed by atoms with Crippen LogP contribution in [-0.4, -0.2) is 55.3 Å². The summed E-state index contributed by atoms with van der Waals surface area (Å²) in [5.41, 5.74) is 1.25. The number of thioether (sulfide) groups is 1. The van der Waals surface area contributed by atoms with Crippen LogP contribution in [0.2, 0.25) is 0 Å². The molecule has 1 N–H and O–H groups in total. The lowest BCUT2D eigenvalue weighted by molar-refractivity contribution is -0.0132. The highest BCUT2D eigenvalue weighted by molar-refractivity contribution is 7.98. The Morgan fingerprint density at radius 2 is 2.24 bits per heavy atom. The SMILES string of the molecule is CSCCCNC(=O)N1CCOC(Cc2ccccc2)C1. The van der Waals surface area contributed by atoms with Crippen molar-refractivity contribution in [3.63, 3.8) is 0 Å². The van der Waals surface area contributed by atoms with Gasteiger partial charge >= 0.3 is 6.03 Å². The Bertz CT molecular complexity index is 428. The number of hydrogen-bond donors (Lipinski definition) is 1. The minimum Gasteiger partial charge on any atom is -0.374 e. The molecule has 1 aromatic rings. The molecule has 1 fully saturated rings. The van der Waals surface area contributed by atoms with Crippen LogP contribution in [0.25, 0.3) is 0 Å². The van der Waals surface area contributed by atoms with Gasteiger partial charge in [0.2, 0.25) is 0 Å². The Balaban J connectivity index is 1.76. The largest absolute Gasteiger partial charge is 0.374 e.